The van der Waals surface area contributed by atoms with Gasteiger partial charge in [-0.05, 0) is 12.1 Å². The summed E-state index contributed by atoms with van der Waals surface area (Å²) in [6.45, 7) is 0. The number of imidazole rings is 1. The third-order valence-corrected chi connectivity index (χ3v) is 2.87. The normalized spacial score (nSPS) is 10.5. The summed E-state index contributed by atoms with van der Waals surface area (Å²) in [7, 11) is 1.95. The summed E-state index contributed by atoms with van der Waals surface area (Å²) in [4.78, 5) is 8.43. The number of nitrogens with zero attached hydrogens (tertiary/aromatic N) is 3. The van der Waals surface area contributed by atoms with Gasteiger partial charge in [0, 0.05) is 30.6 Å². The highest BCUT2D eigenvalue weighted by Crippen LogP contribution is 2.29. The maximum absolute atomic E-state index is 4.38. The Morgan fingerprint density at radius 1 is 0.944 bits per heavy atom. The molecule has 1 aromatic carbocycles. The van der Waals surface area contributed by atoms with E-state index in [9.17, 15) is 0 Å². The number of hydrogen-bond acceptors (Lipinski definition) is 2. The van der Waals surface area contributed by atoms with Crippen molar-refractivity contribution in [2.24, 2.45) is 7.05 Å². The molecule has 0 aliphatic heterocycles. The van der Waals surface area contributed by atoms with Gasteiger partial charge in [0.05, 0.1) is 11.4 Å². The average Bonchev–Trinajstić information content (AvgIpc) is 2.83. The second kappa shape index (κ2) is 4.45. The Morgan fingerprint density at radius 2 is 1.67 bits per heavy atom. The molecule has 0 atom stereocenters. The van der Waals surface area contributed by atoms with Gasteiger partial charge in [-0.1, -0.05) is 30.3 Å². The van der Waals surface area contributed by atoms with Crippen molar-refractivity contribution >= 4 is 0 Å². The first kappa shape index (κ1) is 10.7. The lowest BCUT2D eigenvalue weighted by molar-refractivity contribution is 0.910. The van der Waals surface area contributed by atoms with E-state index in [4.69, 9.17) is 0 Å². The van der Waals surface area contributed by atoms with Crippen LogP contribution < -0.4 is 0 Å². The van der Waals surface area contributed by atoms with Crippen molar-refractivity contribution in [1.82, 2.24) is 14.5 Å². The number of aromatic nitrogens is 3. The van der Waals surface area contributed by atoms with E-state index in [-0.39, 0.29) is 0 Å². The highest BCUT2D eigenvalue weighted by atomic mass is 15.0. The largest absolute Gasteiger partial charge is 0.324 e. The van der Waals surface area contributed by atoms with Crippen molar-refractivity contribution in [2.75, 3.05) is 0 Å². The molecule has 0 aliphatic rings. The minimum absolute atomic E-state index is 0.948. The number of hydrogen-bond donors (Lipinski definition) is 0. The second-order valence-electron chi connectivity index (χ2n) is 4.07. The van der Waals surface area contributed by atoms with Crippen LogP contribution in [0.25, 0.3) is 22.5 Å². The maximum atomic E-state index is 4.38. The molecule has 3 nitrogen and oxygen atoms in total. The summed E-state index contributed by atoms with van der Waals surface area (Å²) < 4.78 is 1.91. The van der Waals surface area contributed by atoms with Crippen LogP contribution >= 0.6 is 0 Å². The standard InChI is InChI=1S/C15H12N3/c1-18-11-17-14(12-5-3-2-4-6-12)15(18)13-7-9-16-10-8-13/h2-10H,1H3. The number of rotatable bonds is 2. The van der Waals surface area contributed by atoms with Crippen molar-refractivity contribution in [3.63, 3.8) is 0 Å². The van der Waals surface area contributed by atoms with Gasteiger partial charge in [-0.15, -0.1) is 0 Å². The lowest BCUT2D eigenvalue weighted by Gasteiger charge is -2.05. The lowest BCUT2D eigenvalue weighted by Crippen LogP contribution is -1.91. The van der Waals surface area contributed by atoms with Crippen molar-refractivity contribution in [3.8, 4) is 22.5 Å². The molecular weight excluding hydrogens is 222 g/mol. The van der Waals surface area contributed by atoms with Crippen LogP contribution in [0.1, 0.15) is 0 Å². The lowest BCUT2D eigenvalue weighted by atomic mass is 10.1. The Morgan fingerprint density at radius 3 is 2.39 bits per heavy atom. The van der Waals surface area contributed by atoms with Gasteiger partial charge in [0.2, 0.25) is 0 Å². The van der Waals surface area contributed by atoms with Crippen molar-refractivity contribution < 1.29 is 0 Å². The Kier molecular flexibility index (Phi) is 2.65. The van der Waals surface area contributed by atoms with Crippen molar-refractivity contribution in [2.45, 2.75) is 0 Å². The highest BCUT2D eigenvalue weighted by Gasteiger charge is 2.12. The van der Waals surface area contributed by atoms with Crippen molar-refractivity contribution in [3.05, 3.63) is 61.2 Å². The van der Waals surface area contributed by atoms with Crippen LogP contribution in [-0.4, -0.2) is 14.5 Å². The molecule has 2 heterocycles. The molecule has 1 radical (unpaired) electrons. The molecule has 0 saturated carbocycles. The predicted molar refractivity (Wildman–Crippen MR) is 70.7 cm³/mol. The molecule has 0 bridgehead atoms. The zero-order chi connectivity index (χ0) is 12.4. The van der Waals surface area contributed by atoms with Crippen LogP contribution in [0.15, 0.2) is 54.9 Å². The average molecular weight is 234 g/mol. The molecule has 0 spiro atoms. The fraction of sp³-hybridized carbons (Fsp3) is 0.0667. The topological polar surface area (TPSA) is 30.7 Å². The van der Waals surface area contributed by atoms with Gasteiger partial charge in [-0.25, -0.2) is 4.98 Å². The molecule has 87 valence electrons. The zero-order valence-electron chi connectivity index (χ0n) is 10.0. The van der Waals surface area contributed by atoms with Gasteiger partial charge in [0.1, 0.15) is 0 Å². The SMILES string of the molecule is Cn1[c]nc(-c2ccccc2)c1-c1ccncc1. The summed E-state index contributed by atoms with van der Waals surface area (Å²) in [5, 5.41) is 0. The third kappa shape index (κ3) is 1.80. The Balaban J connectivity index is 2.19. The molecule has 3 rings (SSSR count). The van der Waals surface area contributed by atoms with Gasteiger partial charge in [-0.3, -0.25) is 4.98 Å². The monoisotopic (exact) mass is 234 g/mol. The fourth-order valence-electron chi connectivity index (χ4n) is 2.02. The van der Waals surface area contributed by atoms with E-state index >= 15 is 0 Å². The van der Waals surface area contributed by atoms with Crippen LogP contribution in [0.2, 0.25) is 0 Å². The number of benzene rings is 1. The van der Waals surface area contributed by atoms with Crippen LogP contribution in [0.5, 0.6) is 0 Å². The molecule has 0 N–H and O–H groups in total. The first-order valence-corrected chi connectivity index (χ1v) is 5.76. The third-order valence-electron chi connectivity index (χ3n) is 2.87. The van der Waals surface area contributed by atoms with Gasteiger partial charge in [0.15, 0.2) is 6.33 Å². The second-order valence-corrected chi connectivity index (χ2v) is 4.07. The van der Waals surface area contributed by atoms with E-state index < -0.39 is 0 Å². The zero-order valence-corrected chi connectivity index (χ0v) is 10.0. The molecule has 3 aromatic rings. The number of aryl methyl sites for hydroxylation is 1. The quantitative estimate of drug-likeness (QED) is 0.682. The van der Waals surface area contributed by atoms with E-state index in [1.165, 1.54) is 0 Å². The molecule has 0 aliphatic carbocycles. The van der Waals surface area contributed by atoms with Crippen LogP contribution in [0.3, 0.4) is 0 Å². The summed E-state index contributed by atoms with van der Waals surface area (Å²) in [5.41, 5.74) is 4.20. The smallest absolute Gasteiger partial charge is 0.177 e. The summed E-state index contributed by atoms with van der Waals surface area (Å²) in [5.74, 6) is 0. The van der Waals surface area contributed by atoms with E-state index in [0.29, 0.717) is 0 Å². The van der Waals surface area contributed by atoms with E-state index in [1.54, 1.807) is 12.4 Å². The summed E-state index contributed by atoms with van der Waals surface area (Å²) in [6, 6.07) is 14.1. The number of pyridine rings is 1. The van der Waals surface area contributed by atoms with Crippen molar-refractivity contribution in [1.29, 1.82) is 0 Å². The van der Waals surface area contributed by atoms with Gasteiger partial charge >= 0.3 is 0 Å². The van der Waals surface area contributed by atoms with E-state index in [0.717, 1.165) is 22.5 Å². The summed E-state index contributed by atoms with van der Waals surface area (Å²) in [6.07, 6.45) is 6.56. The molecule has 18 heavy (non-hydrogen) atoms. The molecule has 2 aromatic heterocycles. The van der Waals surface area contributed by atoms with Crippen LogP contribution in [0, 0.1) is 6.33 Å². The van der Waals surface area contributed by atoms with Crippen LogP contribution in [0.4, 0.5) is 0 Å². The van der Waals surface area contributed by atoms with E-state index in [2.05, 4.69) is 28.4 Å². The molecule has 0 fully saturated rings. The minimum Gasteiger partial charge on any atom is -0.324 e. The first-order chi connectivity index (χ1) is 8.86. The molecular formula is C15H12N3. The van der Waals surface area contributed by atoms with Gasteiger partial charge in [0.25, 0.3) is 0 Å². The predicted octanol–water partition coefficient (Wildman–Crippen LogP) is 2.95. The Hall–Kier alpha value is -2.42. The Bertz CT molecular complexity index is 642. The Labute approximate surface area is 106 Å². The maximum Gasteiger partial charge on any atom is 0.177 e. The van der Waals surface area contributed by atoms with Gasteiger partial charge in [-0.2, -0.15) is 0 Å². The molecule has 0 unspecified atom stereocenters. The first-order valence-electron chi connectivity index (χ1n) is 5.76. The summed E-state index contributed by atoms with van der Waals surface area (Å²) >= 11 is 0. The fourth-order valence-corrected chi connectivity index (χ4v) is 2.02. The van der Waals surface area contributed by atoms with Crippen LogP contribution in [-0.2, 0) is 7.05 Å². The van der Waals surface area contributed by atoms with E-state index in [1.807, 2.05) is 41.9 Å². The molecule has 0 saturated heterocycles. The van der Waals surface area contributed by atoms with Gasteiger partial charge < -0.3 is 4.57 Å². The molecule has 3 heteroatoms. The highest BCUT2D eigenvalue weighted by molar-refractivity contribution is 5.78. The molecule has 0 amide bonds. The minimum atomic E-state index is 0.948.